The first-order chi connectivity index (χ1) is 9.78. The largest absolute Gasteiger partial charge is 0.480 e. The van der Waals surface area contributed by atoms with E-state index in [1.807, 2.05) is 0 Å². The summed E-state index contributed by atoms with van der Waals surface area (Å²) >= 11 is 3.41. The zero-order valence-electron chi connectivity index (χ0n) is 11.8. The van der Waals surface area contributed by atoms with Crippen molar-refractivity contribution in [1.29, 1.82) is 0 Å². The third-order valence-corrected chi connectivity index (χ3v) is 4.54. The van der Waals surface area contributed by atoms with Crippen LogP contribution in [-0.2, 0) is 0 Å². The third-order valence-electron chi connectivity index (χ3n) is 4.00. The van der Waals surface area contributed by atoms with Gasteiger partial charge in [-0.15, -0.1) is 0 Å². The molecule has 5 nitrogen and oxygen atoms in total. The van der Waals surface area contributed by atoms with Crippen LogP contribution in [0.2, 0.25) is 0 Å². The number of anilines is 1. The molecule has 6 heteroatoms. The number of rotatable bonds is 5. The molecule has 1 saturated heterocycles. The van der Waals surface area contributed by atoms with Gasteiger partial charge >= 0.3 is 0 Å². The monoisotopic (exact) mass is 340 g/mol. The molecular weight excluding hydrogens is 320 g/mol. The summed E-state index contributed by atoms with van der Waals surface area (Å²) in [6, 6.07) is 1.24. The molecule has 1 saturated carbocycles. The fourth-order valence-electron chi connectivity index (χ4n) is 2.69. The Morgan fingerprint density at radius 3 is 3.00 bits per heavy atom. The second-order valence-electron chi connectivity index (χ2n) is 5.55. The number of aromatic nitrogens is 2. The van der Waals surface area contributed by atoms with E-state index in [4.69, 9.17) is 4.74 Å². The van der Waals surface area contributed by atoms with Gasteiger partial charge in [0, 0.05) is 25.2 Å². The number of hydrogen-bond donors (Lipinski definition) is 1. The highest BCUT2D eigenvalue weighted by Crippen LogP contribution is 2.27. The second-order valence-corrected chi connectivity index (χ2v) is 6.41. The minimum Gasteiger partial charge on any atom is -0.480 e. The van der Waals surface area contributed by atoms with Crippen LogP contribution in [-0.4, -0.2) is 42.3 Å². The van der Waals surface area contributed by atoms with Crippen molar-refractivity contribution in [3.8, 4) is 5.88 Å². The number of nitrogens with one attached hydrogen (secondary N) is 1. The lowest BCUT2D eigenvalue weighted by molar-refractivity contribution is 0.388. The molecule has 0 spiro atoms. The summed E-state index contributed by atoms with van der Waals surface area (Å²) in [5, 5.41) is 3.63. The van der Waals surface area contributed by atoms with Gasteiger partial charge in [-0.3, -0.25) is 0 Å². The predicted molar refractivity (Wildman–Crippen MR) is 82.3 cm³/mol. The lowest BCUT2D eigenvalue weighted by atomic mass is 10.0. The van der Waals surface area contributed by atoms with E-state index in [1.54, 1.807) is 13.3 Å². The molecule has 2 fully saturated rings. The van der Waals surface area contributed by atoms with Crippen LogP contribution < -0.4 is 15.0 Å². The number of nitrogens with zero attached hydrogens (tertiary/aromatic N) is 3. The zero-order valence-corrected chi connectivity index (χ0v) is 13.4. The van der Waals surface area contributed by atoms with Crippen molar-refractivity contribution in [3.63, 3.8) is 0 Å². The Morgan fingerprint density at radius 1 is 1.40 bits per heavy atom. The molecule has 0 radical (unpaired) electrons. The van der Waals surface area contributed by atoms with Gasteiger partial charge < -0.3 is 15.0 Å². The Hall–Kier alpha value is -0.880. The molecule has 1 N–H and O–H groups in total. The highest BCUT2D eigenvalue weighted by Gasteiger charge is 2.28. The Kier molecular flexibility index (Phi) is 4.41. The summed E-state index contributed by atoms with van der Waals surface area (Å²) in [6.45, 7) is 2.06. The molecule has 1 aromatic rings. The Labute approximate surface area is 128 Å². The maximum Gasteiger partial charge on any atom is 0.232 e. The first-order valence-electron chi connectivity index (χ1n) is 7.34. The highest BCUT2D eigenvalue weighted by molar-refractivity contribution is 9.10. The van der Waals surface area contributed by atoms with Crippen molar-refractivity contribution in [2.24, 2.45) is 0 Å². The van der Waals surface area contributed by atoms with Crippen LogP contribution in [0.5, 0.6) is 5.88 Å². The molecule has 1 aliphatic heterocycles. The van der Waals surface area contributed by atoms with E-state index in [1.165, 1.54) is 32.1 Å². The minimum absolute atomic E-state index is 0.496. The highest BCUT2D eigenvalue weighted by atomic mass is 79.9. The van der Waals surface area contributed by atoms with Crippen molar-refractivity contribution in [1.82, 2.24) is 15.3 Å². The first kappa shape index (κ1) is 14.1. The van der Waals surface area contributed by atoms with Gasteiger partial charge in [-0.25, -0.2) is 4.98 Å². The molecule has 2 heterocycles. The van der Waals surface area contributed by atoms with Crippen LogP contribution in [0.25, 0.3) is 0 Å². The molecular formula is C14H21BrN4O. The smallest absolute Gasteiger partial charge is 0.232 e. The normalized spacial score (nSPS) is 22.9. The average molecular weight is 341 g/mol. The summed E-state index contributed by atoms with van der Waals surface area (Å²) in [4.78, 5) is 11.3. The van der Waals surface area contributed by atoms with Crippen LogP contribution in [0.15, 0.2) is 10.7 Å². The molecule has 1 atom stereocenters. The third kappa shape index (κ3) is 3.23. The van der Waals surface area contributed by atoms with Gasteiger partial charge in [0.15, 0.2) is 0 Å². The second kappa shape index (κ2) is 6.26. The average Bonchev–Trinajstić information content (AvgIpc) is 3.30. The van der Waals surface area contributed by atoms with Crippen molar-refractivity contribution >= 4 is 21.9 Å². The summed E-state index contributed by atoms with van der Waals surface area (Å²) in [6.07, 6.45) is 8.15. The van der Waals surface area contributed by atoms with Crippen LogP contribution in [0.3, 0.4) is 0 Å². The Balaban J connectivity index is 1.73. The molecule has 1 unspecified atom stereocenters. The fraction of sp³-hybridized carbons (Fsp3) is 0.714. The molecule has 2 aliphatic rings. The van der Waals surface area contributed by atoms with E-state index in [0.29, 0.717) is 11.9 Å². The van der Waals surface area contributed by atoms with E-state index in [-0.39, 0.29) is 0 Å². The topological polar surface area (TPSA) is 50.3 Å². The molecule has 110 valence electrons. The maximum absolute atomic E-state index is 5.28. The van der Waals surface area contributed by atoms with E-state index < -0.39 is 0 Å². The number of piperidine rings is 1. The summed E-state index contributed by atoms with van der Waals surface area (Å²) < 4.78 is 6.08. The minimum atomic E-state index is 0.496. The van der Waals surface area contributed by atoms with Crippen LogP contribution in [0.1, 0.15) is 32.1 Å². The predicted octanol–water partition coefficient (Wildman–Crippen LogP) is 2.36. The van der Waals surface area contributed by atoms with E-state index in [9.17, 15) is 0 Å². The molecule has 0 amide bonds. The van der Waals surface area contributed by atoms with Crippen LogP contribution in [0.4, 0.5) is 5.95 Å². The molecule has 0 bridgehead atoms. The van der Waals surface area contributed by atoms with Gasteiger partial charge in [0.05, 0.1) is 17.8 Å². The Morgan fingerprint density at radius 2 is 2.25 bits per heavy atom. The van der Waals surface area contributed by atoms with Crippen molar-refractivity contribution in [2.75, 3.05) is 25.1 Å². The van der Waals surface area contributed by atoms with Crippen molar-refractivity contribution < 1.29 is 4.74 Å². The van der Waals surface area contributed by atoms with E-state index in [2.05, 4.69) is 36.1 Å². The first-order valence-corrected chi connectivity index (χ1v) is 8.14. The fourth-order valence-corrected chi connectivity index (χ4v) is 3.04. The van der Waals surface area contributed by atoms with E-state index >= 15 is 0 Å². The van der Waals surface area contributed by atoms with Crippen LogP contribution >= 0.6 is 15.9 Å². The van der Waals surface area contributed by atoms with Gasteiger partial charge in [0.1, 0.15) is 0 Å². The number of ether oxygens (including phenoxy) is 1. The molecule has 1 aliphatic carbocycles. The quantitative estimate of drug-likeness (QED) is 0.891. The number of hydrogen-bond acceptors (Lipinski definition) is 5. The van der Waals surface area contributed by atoms with Crippen LogP contribution in [0, 0.1) is 0 Å². The number of methoxy groups -OCH3 is 1. The lowest BCUT2D eigenvalue weighted by Gasteiger charge is -2.36. The summed E-state index contributed by atoms with van der Waals surface area (Å²) in [7, 11) is 1.64. The van der Waals surface area contributed by atoms with Gasteiger partial charge in [-0.05, 0) is 48.0 Å². The summed E-state index contributed by atoms with van der Waals surface area (Å²) in [5.41, 5.74) is 0. The lowest BCUT2D eigenvalue weighted by Crippen LogP contribution is -2.46. The van der Waals surface area contributed by atoms with Gasteiger partial charge in [0.2, 0.25) is 11.8 Å². The van der Waals surface area contributed by atoms with Gasteiger partial charge in [0.25, 0.3) is 0 Å². The number of halogens is 1. The zero-order chi connectivity index (χ0) is 13.9. The van der Waals surface area contributed by atoms with E-state index in [0.717, 1.165) is 29.6 Å². The van der Waals surface area contributed by atoms with Crippen molar-refractivity contribution in [3.05, 3.63) is 10.7 Å². The maximum atomic E-state index is 5.28. The molecule has 0 aromatic carbocycles. The summed E-state index contributed by atoms with van der Waals surface area (Å²) in [5.74, 6) is 1.39. The molecule has 3 rings (SSSR count). The van der Waals surface area contributed by atoms with Gasteiger partial charge in [-0.2, -0.15) is 4.98 Å². The standard InChI is InChI=1S/C14H21BrN4O/c1-20-13-12(15)9-17-14(18-13)19-7-3-2-4-11(19)8-16-10-5-6-10/h9-11,16H,2-8H2,1H3. The van der Waals surface area contributed by atoms with Gasteiger partial charge in [-0.1, -0.05) is 0 Å². The molecule has 1 aromatic heterocycles. The Bertz CT molecular complexity index is 466. The van der Waals surface area contributed by atoms with Crippen molar-refractivity contribution in [2.45, 2.75) is 44.2 Å². The molecule has 20 heavy (non-hydrogen) atoms. The SMILES string of the molecule is COc1nc(N2CCCCC2CNC2CC2)ncc1Br.